The molecule has 2 rings (SSSR count). The van der Waals surface area contributed by atoms with E-state index in [1.54, 1.807) is 0 Å². The van der Waals surface area contributed by atoms with Gasteiger partial charge < -0.3 is 9.47 Å². The first-order valence-corrected chi connectivity index (χ1v) is 10.2. The van der Waals surface area contributed by atoms with Crippen LogP contribution in [0.5, 0.6) is 11.5 Å². The van der Waals surface area contributed by atoms with Crippen LogP contribution in [-0.2, 0) is 9.59 Å². The van der Waals surface area contributed by atoms with Gasteiger partial charge in [-0.15, -0.1) is 0 Å². The van der Waals surface area contributed by atoms with Crippen LogP contribution in [0.2, 0.25) is 0 Å². The minimum atomic E-state index is -0.271. The molecule has 2 N–H and O–H groups in total. The zero-order chi connectivity index (χ0) is 22.3. The minimum absolute atomic E-state index is 0.175. The van der Waals surface area contributed by atoms with Crippen LogP contribution < -0.4 is 20.3 Å². The number of amides is 2. The summed E-state index contributed by atoms with van der Waals surface area (Å²) in [6.45, 7) is 4.89. The Hall–Kier alpha value is -3.68. The molecular weight excluding hydrogens is 396 g/mol. The molecule has 8 heteroatoms. The highest BCUT2D eigenvalue weighted by Crippen LogP contribution is 2.16. The first-order valence-electron chi connectivity index (χ1n) is 10.2. The van der Waals surface area contributed by atoms with E-state index in [0.717, 1.165) is 11.1 Å². The highest BCUT2D eigenvalue weighted by molar-refractivity contribution is 5.86. The van der Waals surface area contributed by atoms with E-state index < -0.39 is 0 Å². The monoisotopic (exact) mass is 424 g/mol. The lowest BCUT2D eigenvalue weighted by atomic mass is 10.2. The quantitative estimate of drug-likeness (QED) is 0.403. The van der Waals surface area contributed by atoms with Crippen LogP contribution in [0.4, 0.5) is 0 Å². The van der Waals surface area contributed by atoms with E-state index in [1.807, 2.05) is 62.4 Å². The fraction of sp³-hybridized carbons (Fsp3) is 0.304. The molecule has 0 aliphatic rings. The molecule has 0 saturated carbocycles. The van der Waals surface area contributed by atoms with Gasteiger partial charge in [-0.25, -0.2) is 10.9 Å². The average molecular weight is 425 g/mol. The molecule has 2 aromatic rings. The van der Waals surface area contributed by atoms with Crippen molar-refractivity contribution in [2.24, 2.45) is 10.2 Å². The molecule has 0 fully saturated rings. The lowest BCUT2D eigenvalue weighted by Crippen LogP contribution is -2.20. The summed E-state index contributed by atoms with van der Waals surface area (Å²) in [6, 6.07) is 14.8. The van der Waals surface area contributed by atoms with Crippen LogP contribution in [0.3, 0.4) is 0 Å². The van der Waals surface area contributed by atoms with Crippen molar-refractivity contribution in [3.05, 3.63) is 59.7 Å². The molecule has 2 amide bonds. The van der Waals surface area contributed by atoms with Gasteiger partial charge in [0.1, 0.15) is 11.5 Å². The average Bonchev–Trinajstić information content (AvgIpc) is 2.76. The number of hydrazone groups is 2. The van der Waals surface area contributed by atoms with Crippen molar-refractivity contribution in [1.29, 1.82) is 0 Å². The van der Waals surface area contributed by atoms with Crippen molar-refractivity contribution in [2.75, 3.05) is 13.2 Å². The predicted molar refractivity (Wildman–Crippen MR) is 121 cm³/mol. The zero-order valence-corrected chi connectivity index (χ0v) is 17.8. The van der Waals surface area contributed by atoms with Crippen LogP contribution in [0.25, 0.3) is 0 Å². The van der Waals surface area contributed by atoms with Gasteiger partial charge in [0, 0.05) is 24.0 Å². The molecule has 31 heavy (non-hydrogen) atoms. The van der Waals surface area contributed by atoms with Gasteiger partial charge in [-0.05, 0) is 44.5 Å². The molecule has 0 unspecified atom stereocenters. The first kappa shape index (κ1) is 23.6. The predicted octanol–water partition coefficient (Wildman–Crippen LogP) is 3.25. The molecule has 0 aliphatic carbocycles. The molecule has 0 atom stereocenters. The Balaban J connectivity index is 1.70. The first-order chi connectivity index (χ1) is 15.1. The van der Waals surface area contributed by atoms with E-state index in [9.17, 15) is 9.59 Å². The molecule has 0 saturated heterocycles. The largest absolute Gasteiger partial charge is 0.493 e. The van der Waals surface area contributed by atoms with E-state index in [4.69, 9.17) is 9.47 Å². The Morgan fingerprint density at radius 3 is 1.61 bits per heavy atom. The van der Waals surface area contributed by atoms with Crippen LogP contribution in [0, 0.1) is 0 Å². The maximum absolute atomic E-state index is 11.9. The number of benzene rings is 2. The molecule has 2 aromatic carbocycles. The summed E-state index contributed by atoms with van der Waals surface area (Å²) in [5.74, 6) is 0.854. The van der Waals surface area contributed by atoms with Gasteiger partial charge in [0.15, 0.2) is 0 Å². The van der Waals surface area contributed by atoms with E-state index >= 15 is 0 Å². The van der Waals surface area contributed by atoms with Crippen LogP contribution >= 0.6 is 0 Å². The lowest BCUT2D eigenvalue weighted by molar-refractivity contribution is -0.122. The SMILES string of the molecule is CCOc1ccccc1C=NNC(=O)CCCC(=O)NN=Cc1ccccc1OCC. The van der Waals surface area contributed by atoms with Crippen molar-refractivity contribution in [1.82, 2.24) is 10.9 Å². The summed E-state index contributed by atoms with van der Waals surface area (Å²) in [5.41, 5.74) is 6.46. The molecule has 0 aliphatic heterocycles. The van der Waals surface area contributed by atoms with Gasteiger partial charge >= 0.3 is 0 Å². The van der Waals surface area contributed by atoms with Crippen molar-refractivity contribution in [3.8, 4) is 11.5 Å². The van der Waals surface area contributed by atoms with Crippen LogP contribution in [-0.4, -0.2) is 37.5 Å². The summed E-state index contributed by atoms with van der Waals surface area (Å²) in [6.07, 6.45) is 3.80. The van der Waals surface area contributed by atoms with Crippen molar-refractivity contribution in [2.45, 2.75) is 33.1 Å². The fourth-order valence-corrected chi connectivity index (χ4v) is 2.62. The Morgan fingerprint density at radius 1 is 0.774 bits per heavy atom. The highest BCUT2D eigenvalue weighted by atomic mass is 16.5. The highest BCUT2D eigenvalue weighted by Gasteiger charge is 2.05. The third-order valence-electron chi connectivity index (χ3n) is 4.03. The minimum Gasteiger partial charge on any atom is -0.493 e. The van der Waals surface area contributed by atoms with Gasteiger partial charge in [-0.1, -0.05) is 24.3 Å². The van der Waals surface area contributed by atoms with Gasteiger partial charge in [0.05, 0.1) is 25.6 Å². The summed E-state index contributed by atoms with van der Waals surface area (Å²) in [7, 11) is 0. The molecular formula is C23H28N4O4. The van der Waals surface area contributed by atoms with E-state index in [1.165, 1.54) is 12.4 Å². The number of carbonyl (C=O) groups excluding carboxylic acids is 2. The Kier molecular flexibility index (Phi) is 10.3. The third-order valence-corrected chi connectivity index (χ3v) is 4.03. The van der Waals surface area contributed by atoms with Crippen molar-refractivity contribution >= 4 is 24.2 Å². The van der Waals surface area contributed by atoms with Crippen molar-refractivity contribution in [3.63, 3.8) is 0 Å². The second kappa shape index (κ2) is 13.5. The maximum Gasteiger partial charge on any atom is 0.240 e. The van der Waals surface area contributed by atoms with E-state index in [2.05, 4.69) is 21.1 Å². The normalized spacial score (nSPS) is 10.9. The number of hydrogen-bond donors (Lipinski definition) is 2. The molecule has 0 radical (unpaired) electrons. The number of rotatable bonds is 12. The molecule has 0 bridgehead atoms. The van der Waals surface area contributed by atoms with E-state index in [-0.39, 0.29) is 24.7 Å². The van der Waals surface area contributed by atoms with Gasteiger partial charge in [-0.2, -0.15) is 10.2 Å². The second-order valence-corrected chi connectivity index (χ2v) is 6.38. The van der Waals surface area contributed by atoms with Gasteiger partial charge in [0.2, 0.25) is 11.8 Å². The number of hydrogen-bond acceptors (Lipinski definition) is 6. The molecule has 164 valence electrons. The summed E-state index contributed by atoms with van der Waals surface area (Å²) in [5, 5.41) is 7.90. The summed E-state index contributed by atoms with van der Waals surface area (Å²) in [4.78, 5) is 23.8. The summed E-state index contributed by atoms with van der Waals surface area (Å²) < 4.78 is 11.0. The van der Waals surface area contributed by atoms with Crippen LogP contribution in [0.1, 0.15) is 44.2 Å². The number of para-hydroxylation sites is 2. The fourth-order valence-electron chi connectivity index (χ4n) is 2.62. The number of nitrogens with one attached hydrogen (secondary N) is 2. The van der Waals surface area contributed by atoms with Crippen molar-refractivity contribution < 1.29 is 19.1 Å². The lowest BCUT2D eigenvalue weighted by Gasteiger charge is -2.06. The molecule has 8 nitrogen and oxygen atoms in total. The molecule has 0 aromatic heterocycles. The second-order valence-electron chi connectivity index (χ2n) is 6.38. The van der Waals surface area contributed by atoms with E-state index in [0.29, 0.717) is 31.1 Å². The zero-order valence-electron chi connectivity index (χ0n) is 17.8. The third kappa shape index (κ3) is 8.69. The standard InChI is InChI=1S/C23H28N4O4/c1-3-30-20-12-7-5-10-18(20)16-24-26-22(28)14-9-15-23(29)27-25-17-19-11-6-8-13-21(19)31-4-2/h5-8,10-13,16-17H,3-4,9,14-15H2,1-2H3,(H,26,28)(H,27,29). The van der Waals surface area contributed by atoms with Crippen LogP contribution in [0.15, 0.2) is 58.7 Å². The number of nitrogens with zero attached hydrogens (tertiary/aromatic N) is 2. The maximum atomic E-state index is 11.9. The topological polar surface area (TPSA) is 101 Å². The van der Waals surface area contributed by atoms with Gasteiger partial charge in [-0.3, -0.25) is 9.59 Å². The smallest absolute Gasteiger partial charge is 0.240 e. The molecule has 0 heterocycles. The number of carbonyl (C=O) groups is 2. The number of ether oxygens (including phenoxy) is 2. The molecule has 0 spiro atoms. The Bertz CT molecular complexity index is 838. The Morgan fingerprint density at radius 2 is 1.19 bits per heavy atom. The Labute approximate surface area is 182 Å². The summed E-state index contributed by atoms with van der Waals surface area (Å²) >= 11 is 0. The van der Waals surface area contributed by atoms with Gasteiger partial charge in [0.25, 0.3) is 0 Å².